The van der Waals surface area contributed by atoms with E-state index in [4.69, 9.17) is 4.52 Å². The number of hydrogen-bond donors (Lipinski definition) is 1. The van der Waals surface area contributed by atoms with E-state index in [1.807, 2.05) is 30.3 Å². The molecule has 5 heteroatoms. The maximum Gasteiger partial charge on any atom is 0.231 e. The van der Waals surface area contributed by atoms with Gasteiger partial charge in [-0.3, -0.25) is 4.98 Å². The van der Waals surface area contributed by atoms with Gasteiger partial charge < -0.3 is 9.84 Å². The molecule has 0 saturated carbocycles. The van der Waals surface area contributed by atoms with Crippen molar-refractivity contribution >= 4 is 10.9 Å². The second-order valence-electron chi connectivity index (χ2n) is 5.06. The summed E-state index contributed by atoms with van der Waals surface area (Å²) >= 11 is 0. The van der Waals surface area contributed by atoms with Crippen LogP contribution in [0.3, 0.4) is 0 Å². The van der Waals surface area contributed by atoms with Gasteiger partial charge in [0.05, 0.1) is 11.4 Å². The van der Waals surface area contributed by atoms with Crippen molar-refractivity contribution in [2.24, 2.45) is 0 Å². The maximum atomic E-state index is 5.40. The Balaban J connectivity index is 1.71. The van der Waals surface area contributed by atoms with Crippen molar-refractivity contribution in [1.29, 1.82) is 0 Å². The molecule has 5 nitrogen and oxygen atoms in total. The van der Waals surface area contributed by atoms with Gasteiger partial charge in [-0.15, -0.1) is 0 Å². The third-order valence-corrected chi connectivity index (χ3v) is 3.71. The van der Waals surface area contributed by atoms with Crippen molar-refractivity contribution in [2.45, 2.75) is 12.3 Å². The predicted octanol–water partition coefficient (Wildman–Crippen LogP) is 2.36. The highest BCUT2D eigenvalue weighted by atomic mass is 16.5. The van der Waals surface area contributed by atoms with Crippen LogP contribution in [-0.2, 0) is 0 Å². The molecule has 3 heterocycles. The summed E-state index contributed by atoms with van der Waals surface area (Å²) in [7, 11) is 0. The first kappa shape index (κ1) is 11.5. The number of nitrogens with zero attached hydrogens (tertiary/aromatic N) is 3. The van der Waals surface area contributed by atoms with Crippen LogP contribution in [0, 0.1) is 0 Å². The molecular weight excluding hydrogens is 252 g/mol. The van der Waals surface area contributed by atoms with Gasteiger partial charge in [-0.05, 0) is 37.2 Å². The number of hydrogen-bond acceptors (Lipinski definition) is 5. The van der Waals surface area contributed by atoms with E-state index in [2.05, 4.69) is 20.4 Å². The first-order valence-corrected chi connectivity index (χ1v) is 6.79. The summed E-state index contributed by atoms with van der Waals surface area (Å²) in [5.74, 6) is 1.73. The highest BCUT2D eigenvalue weighted by molar-refractivity contribution is 5.82. The van der Waals surface area contributed by atoms with Crippen LogP contribution in [0.5, 0.6) is 0 Å². The second-order valence-corrected chi connectivity index (χ2v) is 5.06. The molecule has 1 aliphatic rings. The average Bonchev–Trinajstić information content (AvgIpc) is 3.17. The van der Waals surface area contributed by atoms with Gasteiger partial charge in [0, 0.05) is 23.7 Å². The fourth-order valence-electron chi connectivity index (χ4n) is 2.60. The maximum absolute atomic E-state index is 5.40. The molecule has 2 aromatic heterocycles. The Bertz CT molecular complexity index is 746. The average molecular weight is 266 g/mol. The van der Waals surface area contributed by atoms with Crippen LogP contribution in [0.25, 0.3) is 22.3 Å². The van der Waals surface area contributed by atoms with Crippen LogP contribution in [0.4, 0.5) is 0 Å². The first-order valence-electron chi connectivity index (χ1n) is 6.79. The zero-order valence-corrected chi connectivity index (χ0v) is 10.9. The summed E-state index contributed by atoms with van der Waals surface area (Å²) in [6.07, 6.45) is 2.85. The Morgan fingerprint density at radius 1 is 1.25 bits per heavy atom. The van der Waals surface area contributed by atoms with E-state index in [0.717, 1.165) is 41.9 Å². The van der Waals surface area contributed by atoms with Crippen molar-refractivity contribution in [1.82, 2.24) is 20.4 Å². The molecule has 0 bridgehead atoms. The molecule has 0 radical (unpaired) electrons. The number of aromatic nitrogens is 3. The van der Waals surface area contributed by atoms with E-state index < -0.39 is 0 Å². The van der Waals surface area contributed by atoms with Crippen molar-refractivity contribution < 1.29 is 4.52 Å². The monoisotopic (exact) mass is 266 g/mol. The van der Waals surface area contributed by atoms with Crippen LogP contribution in [-0.4, -0.2) is 28.2 Å². The Labute approximate surface area is 116 Å². The van der Waals surface area contributed by atoms with Gasteiger partial charge in [0.2, 0.25) is 11.7 Å². The van der Waals surface area contributed by atoms with Gasteiger partial charge in [-0.2, -0.15) is 4.98 Å². The van der Waals surface area contributed by atoms with Crippen LogP contribution >= 0.6 is 0 Å². The Morgan fingerprint density at radius 2 is 2.25 bits per heavy atom. The lowest BCUT2D eigenvalue weighted by Gasteiger charge is -1.99. The molecule has 20 heavy (non-hydrogen) atoms. The van der Waals surface area contributed by atoms with E-state index >= 15 is 0 Å². The summed E-state index contributed by atoms with van der Waals surface area (Å²) in [6.45, 7) is 1.94. The lowest BCUT2D eigenvalue weighted by Crippen LogP contribution is -2.08. The van der Waals surface area contributed by atoms with E-state index in [9.17, 15) is 0 Å². The summed E-state index contributed by atoms with van der Waals surface area (Å²) in [5.41, 5.74) is 1.94. The van der Waals surface area contributed by atoms with Crippen LogP contribution in [0.1, 0.15) is 18.2 Å². The van der Waals surface area contributed by atoms with Crippen molar-refractivity contribution in [2.75, 3.05) is 13.1 Å². The molecular formula is C15H14N4O. The molecule has 0 amide bonds. The van der Waals surface area contributed by atoms with Crippen molar-refractivity contribution in [3.63, 3.8) is 0 Å². The number of nitrogens with one attached hydrogen (secondary N) is 1. The molecule has 1 fully saturated rings. The summed E-state index contributed by atoms with van der Waals surface area (Å²) in [6, 6.07) is 9.98. The third-order valence-electron chi connectivity index (χ3n) is 3.71. The minimum atomic E-state index is 0.346. The molecule has 1 saturated heterocycles. The SMILES string of the molecule is c1cnc2ccc(-c3noc(C4CCNC4)n3)cc2c1. The second kappa shape index (κ2) is 4.68. The Morgan fingerprint density at radius 3 is 3.15 bits per heavy atom. The molecule has 0 spiro atoms. The highest BCUT2D eigenvalue weighted by Crippen LogP contribution is 2.25. The lowest BCUT2D eigenvalue weighted by molar-refractivity contribution is 0.359. The number of benzene rings is 1. The topological polar surface area (TPSA) is 63.8 Å². The zero-order chi connectivity index (χ0) is 13.4. The van der Waals surface area contributed by atoms with Crippen molar-refractivity contribution in [3.05, 3.63) is 42.4 Å². The van der Waals surface area contributed by atoms with E-state index in [-0.39, 0.29) is 0 Å². The molecule has 3 aromatic rings. The van der Waals surface area contributed by atoms with Gasteiger partial charge in [0.15, 0.2) is 0 Å². The van der Waals surface area contributed by atoms with Gasteiger partial charge in [-0.25, -0.2) is 0 Å². The molecule has 1 atom stereocenters. The molecule has 1 aliphatic heterocycles. The molecule has 0 aliphatic carbocycles. The fraction of sp³-hybridized carbons (Fsp3) is 0.267. The number of pyridine rings is 1. The largest absolute Gasteiger partial charge is 0.339 e. The molecule has 100 valence electrons. The van der Waals surface area contributed by atoms with E-state index in [1.165, 1.54) is 0 Å². The summed E-state index contributed by atoms with van der Waals surface area (Å²) in [4.78, 5) is 8.84. The smallest absolute Gasteiger partial charge is 0.231 e. The standard InChI is InChI=1S/C15H14N4O/c1-2-10-8-11(3-4-13(10)17-6-1)14-18-15(20-19-14)12-5-7-16-9-12/h1-4,6,8,12,16H,5,7,9H2. The van der Waals surface area contributed by atoms with Crippen LogP contribution in [0.2, 0.25) is 0 Å². The molecule has 1 aromatic carbocycles. The summed E-state index contributed by atoms with van der Waals surface area (Å²) < 4.78 is 5.40. The Kier molecular flexibility index (Phi) is 2.70. The van der Waals surface area contributed by atoms with Gasteiger partial charge in [-0.1, -0.05) is 11.2 Å². The molecule has 4 rings (SSSR count). The number of fused-ring (bicyclic) bond motifs is 1. The minimum Gasteiger partial charge on any atom is -0.339 e. The fourth-order valence-corrected chi connectivity index (χ4v) is 2.60. The van der Waals surface area contributed by atoms with E-state index in [0.29, 0.717) is 11.7 Å². The minimum absolute atomic E-state index is 0.346. The van der Waals surface area contributed by atoms with Crippen LogP contribution < -0.4 is 5.32 Å². The predicted molar refractivity (Wildman–Crippen MR) is 75.3 cm³/mol. The quantitative estimate of drug-likeness (QED) is 0.771. The van der Waals surface area contributed by atoms with Crippen molar-refractivity contribution in [3.8, 4) is 11.4 Å². The Hall–Kier alpha value is -2.27. The molecule has 1 N–H and O–H groups in total. The highest BCUT2D eigenvalue weighted by Gasteiger charge is 2.23. The van der Waals surface area contributed by atoms with Gasteiger partial charge in [0.1, 0.15) is 0 Å². The summed E-state index contributed by atoms with van der Waals surface area (Å²) in [5, 5.41) is 8.49. The van der Waals surface area contributed by atoms with E-state index in [1.54, 1.807) is 6.20 Å². The third kappa shape index (κ3) is 1.96. The normalized spacial score (nSPS) is 18.7. The number of rotatable bonds is 2. The van der Waals surface area contributed by atoms with Gasteiger partial charge in [0.25, 0.3) is 0 Å². The molecule has 1 unspecified atom stereocenters. The zero-order valence-electron chi connectivity index (χ0n) is 10.9. The lowest BCUT2D eigenvalue weighted by atomic mass is 10.1. The van der Waals surface area contributed by atoms with Crippen LogP contribution in [0.15, 0.2) is 41.1 Å². The van der Waals surface area contributed by atoms with Gasteiger partial charge >= 0.3 is 0 Å². The first-order chi connectivity index (χ1) is 9.90.